The lowest BCUT2D eigenvalue weighted by Gasteiger charge is -2.17. The van der Waals surface area contributed by atoms with E-state index in [2.05, 4.69) is 5.16 Å². The van der Waals surface area contributed by atoms with Gasteiger partial charge in [-0.15, -0.1) is 0 Å². The standard InChI is InChI=1S/C17H18ClN3O2/c18-12-3-1-2-10(6-12)16-7-15(20-23-16)17(22)21-8-11-4-5-14(19)13(11)9-21/h1-3,6-7,11,13-14H,4-5,8-9,19H2. The van der Waals surface area contributed by atoms with Crippen LogP contribution in [0.15, 0.2) is 34.9 Å². The molecule has 1 aromatic carbocycles. The van der Waals surface area contributed by atoms with E-state index in [0.29, 0.717) is 28.3 Å². The molecule has 1 amide bonds. The summed E-state index contributed by atoms with van der Waals surface area (Å²) in [6.07, 6.45) is 2.18. The number of carbonyl (C=O) groups excluding carboxylic acids is 1. The van der Waals surface area contributed by atoms with Crippen molar-refractivity contribution < 1.29 is 9.32 Å². The van der Waals surface area contributed by atoms with Crippen molar-refractivity contribution in [3.63, 3.8) is 0 Å². The van der Waals surface area contributed by atoms with Gasteiger partial charge in [0.2, 0.25) is 0 Å². The van der Waals surface area contributed by atoms with Gasteiger partial charge in [-0.1, -0.05) is 28.9 Å². The minimum absolute atomic E-state index is 0.0800. The van der Waals surface area contributed by atoms with E-state index in [1.807, 2.05) is 17.0 Å². The first-order chi connectivity index (χ1) is 11.1. The number of hydrogen-bond donors (Lipinski definition) is 1. The molecule has 0 spiro atoms. The topological polar surface area (TPSA) is 72.4 Å². The third kappa shape index (κ3) is 2.64. The van der Waals surface area contributed by atoms with Crippen LogP contribution in [0.5, 0.6) is 0 Å². The van der Waals surface area contributed by atoms with Crippen molar-refractivity contribution >= 4 is 17.5 Å². The molecule has 2 heterocycles. The van der Waals surface area contributed by atoms with Crippen molar-refractivity contribution in [2.45, 2.75) is 18.9 Å². The number of fused-ring (bicyclic) bond motifs is 1. The fourth-order valence-corrected chi connectivity index (χ4v) is 3.98. The second-order valence-corrected chi connectivity index (χ2v) is 6.90. The van der Waals surface area contributed by atoms with Gasteiger partial charge in [0.1, 0.15) is 0 Å². The van der Waals surface area contributed by atoms with Gasteiger partial charge in [-0.05, 0) is 36.8 Å². The summed E-state index contributed by atoms with van der Waals surface area (Å²) in [4.78, 5) is 14.5. The quantitative estimate of drug-likeness (QED) is 0.918. The van der Waals surface area contributed by atoms with Gasteiger partial charge in [0.05, 0.1) is 0 Å². The van der Waals surface area contributed by atoms with Gasteiger partial charge in [-0.2, -0.15) is 0 Å². The molecule has 120 valence electrons. The van der Waals surface area contributed by atoms with Crippen LogP contribution in [0.3, 0.4) is 0 Å². The molecule has 1 saturated heterocycles. The van der Waals surface area contributed by atoms with E-state index < -0.39 is 0 Å². The van der Waals surface area contributed by atoms with Crippen molar-refractivity contribution in [3.05, 3.63) is 41.0 Å². The number of carbonyl (C=O) groups is 1. The summed E-state index contributed by atoms with van der Waals surface area (Å²) < 4.78 is 5.32. The van der Waals surface area contributed by atoms with Gasteiger partial charge >= 0.3 is 0 Å². The van der Waals surface area contributed by atoms with Crippen LogP contribution in [0, 0.1) is 11.8 Å². The number of hydrogen-bond acceptors (Lipinski definition) is 4. The lowest BCUT2D eigenvalue weighted by Crippen LogP contribution is -2.33. The molecule has 6 heteroatoms. The maximum Gasteiger partial charge on any atom is 0.276 e. The van der Waals surface area contributed by atoms with Crippen molar-refractivity contribution in [1.82, 2.24) is 10.1 Å². The molecule has 2 aliphatic rings. The number of nitrogens with zero attached hydrogens (tertiary/aromatic N) is 2. The first-order valence-corrected chi connectivity index (χ1v) is 8.27. The minimum atomic E-state index is -0.0800. The molecule has 1 aromatic heterocycles. The normalized spacial score (nSPS) is 26.5. The summed E-state index contributed by atoms with van der Waals surface area (Å²) in [5, 5.41) is 4.56. The number of nitrogens with two attached hydrogens (primary N) is 1. The Kier molecular flexibility index (Phi) is 3.62. The molecule has 23 heavy (non-hydrogen) atoms. The van der Waals surface area contributed by atoms with Gasteiger partial charge in [0.25, 0.3) is 5.91 Å². The van der Waals surface area contributed by atoms with E-state index in [-0.39, 0.29) is 11.9 Å². The Balaban J connectivity index is 1.52. The molecule has 4 rings (SSSR count). The Morgan fingerprint density at radius 3 is 2.96 bits per heavy atom. The van der Waals surface area contributed by atoms with Gasteiger partial charge in [-0.25, -0.2) is 0 Å². The van der Waals surface area contributed by atoms with E-state index in [0.717, 1.165) is 31.5 Å². The van der Waals surface area contributed by atoms with Crippen molar-refractivity contribution in [2.75, 3.05) is 13.1 Å². The lowest BCUT2D eigenvalue weighted by atomic mass is 9.98. The predicted molar refractivity (Wildman–Crippen MR) is 87.0 cm³/mol. The zero-order valence-corrected chi connectivity index (χ0v) is 13.4. The third-order valence-electron chi connectivity index (χ3n) is 5.04. The number of amides is 1. The lowest BCUT2D eigenvalue weighted by molar-refractivity contribution is 0.0769. The summed E-state index contributed by atoms with van der Waals surface area (Å²) in [5.74, 6) is 1.43. The molecule has 1 aliphatic carbocycles. The summed E-state index contributed by atoms with van der Waals surface area (Å²) in [6, 6.07) is 9.19. The van der Waals surface area contributed by atoms with Gasteiger partial charge in [0.15, 0.2) is 11.5 Å². The van der Waals surface area contributed by atoms with E-state index in [9.17, 15) is 4.79 Å². The highest BCUT2D eigenvalue weighted by molar-refractivity contribution is 6.30. The van der Waals surface area contributed by atoms with Gasteiger partial charge in [0, 0.05) is 35.8 Å². The summed E-state index contributed by atoms with van der Waals surface area (Å²) in [6.45, 7) is 1.50. The van der Waals surface area contributed by atoms with Gasteiger partial charge in [-0.3, -0.25) is 4.79 Å². The number of rotatable bonds is 2. The predicted octanol–water partition coefficient (Wildman–Crippen LogP) is 2.80. The van der Waals surface area contributed by atoms with Crippen molar-refractivity contribution in [1.29, 1.82) is 0 Å². The number of benzene rings is 1. The highest BCUT2D eigenvalue weighted by Gasteiger charge is 2.43. The number of likely N-dealkylation sites (tertiary alicyclic amines) is 1. The Morgan fingerprint density at radius 1 is 1.30 bits per heavy atom. The molecule has 5 nitrogen and oxygen atoms in total. The van der Waals surface area contributed by atoms with Crippen LogP contribution in [0.1, 0.15) is 23.3 Å². The highest BCUT2D eigenvalue weighted by Crippen LogP contribution is 2.37. The molecule has 2 N–H and O–H groups in total. The van der Waals surface area contributed by atoms with Crippen LogP contribution in [0.2, 0.25) is 5.02 Å². The fourth-order valence-electron chi connectivity index (χ4n) is 3.79. The van der Waals surface area contributed by atoms with E-state index in [1.165, 1.54) is 0 Å². The number of aromatic nitrogens is 1. The first-order valence-electron chi connectivity index (χ1n) is 7.89. The summed E-state index contributed by atoms with van der Waals surface area (Å²) in [7, 11) is 0. The van der Waals surface area contributed by atoms with Gasteiger partial charge < -0.3 is 15.2 Å². The van der Waals surface area contributed by atoms with Crippen LogP contribution in [-0.2, 0) is 0 Å². The van der Waals surface area contributed by atoms with E-state index in [4.69, 9.17) is 21.9 Å². The van der Waals surface area contributed by atoms with Crippen LogP contribution in [0.4, 0.5) is 0 Å². The van der Waals surface area contributed by atoms with Crippen molar-refractivity contribution in [2.24, 2.45) is 17.6 Å². The SMILES string of the molecule is NC1CCC2CN(C(=O)c3cc(-c4cccc(Cl)c4)on3)CC12. The average molecular weight is 332 g/mol. The molecular formula is C17H18ClN3O2. The van der Waals surface area contributed by atoms with Crippen LogP contribution >= 0.6 is 11.6 Å². The minimum Gasteiger partial charge on any atom is -0.355 e. The number of halogens is 1. The fraction of sp³-hybridized carbons (Fsp3) is 0.412. The third-order valence-corrected chi connectivity index (χ3v) is 5.27. The molecule has 3 atom stereocenters. The van der Waals surface area contributed by atoms with Crippen molar-refractivity contribution in [3.8, 4) is 11.3 Å². The van der Waals surface area contributed by atoms with E-state index >= 15 is 0 Å². The summed E-state index contributed by atoms with van der Waals surface area (Å²) in [5.41, 5.74) is 7.28. The van der Waals surface area contributed by atoms with E-state index in [1.54, 1.807) is 18.2 Å². The molecular weight excluding hydrogens is 314 g/mol. The molecule has 0 bridgehead atoms. The van der Waals surface area contributed by atoms with Crippen LogP contribution in [-0.4, -0.2) is 35.1 Å². The molecule has 2 aromatic rings. The molecule has 1 aliphatic heterocycles. The summed E-state index contributed by atoms with van der Waals surface area (Å²) >= 11 is 5.99. The second kappa shape index (κ2) is 5.65. The smallest absolute Gasteiger partial charge is 0.276 e. The Morgan fingerprint density at radius 2 is 2.17 bits per heavy atom. The Bertz CT molecular complexity index is 745. The molecule has 0 radical (unpaired) electrons. The van der Waals surface area contributed by atoms with Crippen LogP contribution < -0.4 is 5.73 Å². The zero-order valence-electron chi connectivity index (χ0n) is 12.6. The highest BCUT2D eigenvalue weighted by atomic mass is 35.5. The van der Waals surface area contributed by atoms with Crippen LogP contribution in [0.25, 0.3) is 11.3 Å². The average Bonchev–Trinajstić information content (AvgIpc) is 3.24. The maximum atomic E-state index is 12.6. The first kappa shape index (κ1) is 14.7. The Labute approximate surface area is 139 Å². The molecule has 2 fully saturated rings. The zero-order chi connectivity index (χ0) is 16.0. The monoisotopic (exact) mass is 331 g/mol. The largest absolute Gasteiger partial charge is 0.355 e. The molecule has 3 unspecified atom stereocenters. The second-order valence-electron chi connectivity index (χ2n) is 6.46. The maximum absolute atomic E-state index is 12.6. The molecule has 1 saturated carbocycles. The Hall–Kier alpha value is -1.85.